The summed E-state index contributed by atoms with van der Waals surface area (Å²) >= 11 is 0. The van der Waals surface area contributed by atoms with E-state index in [4.69, 9.17) is 15.9 Å². The molecule has 7 nitrogen and oxygen atoms in total. The molecule has 1 heterocycles. The molecule has 0 saturated carbocycles. The number of nitriles is 1. The Hall–Kier alpha value is -1.86. The fourth-order valence-corrected chi connectivity index (χ4v) is 2.00. The zero-order valence-electron chi connectivity index (χ0n) is 8.17. The van der Waals surface area contributed by atoms with Gasteiger partial charge in [0.05, 0.1) is 4.92 Å². The molecule has 0 aliphatic heterocycles. The lowest BCUT2D eigenvalue weighted by atomic mass is 10.2. The number of pyridine rings is 1. The van der Waals surface area contributed by atoms with Crippen LogP contribution in [0.1, 0.15) is 17.8 Å². The number of nitro groups is 1. The predicted molar refractivity (Wildman–Crippen MR) is 53.6 cm³/mol. The van der Waals surface area contributed by atoms with Gasteiger partial charge in [-0.3, -0.25) is 10.1 Å². The van der Waals surface area contributed by atoms with E-state index < -0.39 is 42.4 Å². The van der Waals surface area contributed by atoms with E-state index in [-0.39, 0.29) is 6.07 Å². The minimum absolute atomic E-state index is 0.287. The molecule has 0 saturated heterocycles. The molecule has 1 aromatic heterocycles. The number of hydrogen-bond donors (Lipinski definition) is 0. The van der Waals surface area contributed by atoms with Crippen LogP contribution in [0.5, 0.6) is 0 Å². The Bertz CT molecular complexity index is 655. The van der Waals surface area contributed by atoms with Gasteiger partial charge in [-0.1, -0.05) is 0 Å². The van der Waals surface area contributed by atoms with Crippen molar-refractivity contribution in [2.24, 2.45) is 0 Å². The van der Waals surface area contributed by atoms with Gasteiger partial charge in [-0.05, 0) is 0 Å². The molecule has 0 bridgehead atoms. The van der Waals surface area contributed by atoms with Gasteiger partial charge in [0.15, 0.2) is 11.4 Å². The molecule has 1 aromatic rings. The predicted octanol–water partition coefficient (Wildman–Crippen LogP) is 1.73. The van der Waals surface area contributed by atoms with Gasteiger partial charge >= 0.3 is 0 Å². The second-order valence-electron chi connectivity index (χ2n) is 2.85. The monoisotopic (exact) mass is 297 g/mol. The molecular formula is C7H2ClF2N3O4S. The summed E-state index contributed by atoms with van der Waals surface area (Å²) in [7, 11) is 0.416. The summed E-state index contributed by atoms with van der Waals surface area (Å²) in [5, 5.41) is 19.1. The molecule has 0 amide bonds. The van der Waals surface area contributed by atoms with E-state index in [1.807, 2.05) is 0 Å². The van der Waals surface area contributed by atoms with Crippen molar-refractivity contribution in [3.05, 3.63) is 27.6 Å². The summed E-state index contributed by atoms with van der Waals surface area (Å²) in [6, 6.07) is 1.52. The van der Waals surface area contributed by atoms with Crippen LogP contribution >= 0.6 is 10.7 Å². The summed E-state index contributed by atoms with van der Waals surface area (Å²) in [6.45, 7) is 0. The first-order valence-electron chi connectivity index (χ1n) is 4.00. The van der Waals surface area contributed by atoms with Gasteiger partial charge in [0.1, 0.15) is 11.0 Å². The maximum absolute atomic E-state index is 12.5. The van der Waals surface area contributed by atoms with E-state index in [2.05, 4.69) is 4.98 Å². The molecule has 0 atom stereocenters. The first kappa shape index (κ1) is 14.2. The quantitative estimate of drug-likeness (QED) is 0.477. The number of halogens is 3. The lowest BCUT2D eigenvalue weighted by Crippen LogP contribution is -2.06. The number of rotatable bonds is 3. The van der Waals surface area contributed by atoms with Crippen LogP contribution in [0.15, 0.2) is 11.0 Å². The molecule has 0 unspecified atom stereocenters. The molecule has 96 valence electrons. The van der Waals surface area contributed by atoms with Crippen molar-refractivity contribution in [1.82, 2.24) is 4.98 Å². The summed E-state index contributed by atoms with van der Waals surface area (Å²) < 4.78 is 47.0. The van der Waals surface area contributed by atoms with Crippen LogP contribution in [0.3, 0.4) is 0 Å². The van der Waals surface area contributed by atoms with Gasteiger partial charge in [0, 0.05) is 16.7 Å². The zero-order valence-corrected chi connectivity index (χ0v) is 9.74. The fourth-order valence-electron chi connectivity index (χ4n) is 1.07. The lowest BCUT2D eigenvalue weighted by molar-refractivity contribution is -0.386. The Kier molecular flexibility index (Phi) is 3.78. The van der Waals surface area contributed by atoms with Crippen molar-refractivity contribution in [2.45, 2.75) is 11.3 Å². The maximum atomic E-state index is 12.5. The second kappa shape index (κ2) is 4.79. The van der Waals surface area contributed by atoms with Crippen molar-refractivity contribution in [2.75, 3.05) is 0 Å². The number of hydrogen-bond acceptors (Lipinski definition) is 6. The molecule has 1 rings (SSSR count). The van der Waals surface area contributed by atoms with Crippen LogP contribution in [0, 0.1) is 21.4 Å². The van der Waals surface area contributed by atoms with Crippen molar-refractivity contribution in [1.29, 1.82) is 5.26 Å². The Balaban J connectivity index is 3.75. The number of aromatic nitrogens is 1. The molecule has 0 N–H and O–H groups in total. The highest BCUT2D eigenvalue weighted by Crippen LogP contribution is 2.31. The first-order valence-corrected chi connectivity index (χ1v) is 6.31. The van der Waals surface area contributed by atoms with E-state index in [0.29, 0.717) is 0 Å². The molecule has 0 aliphatic rings. The third-order valence-corrected chi connectivity index (χ3v) is 3.10. The standard InChI is InChI=1S/C7H2ClF2N3O4S/c8-18(16,17)5-1-4(13(14)15)6(7(9)10)12-3(5)2-11/h1,7H. The molecular weight excluding hydrogens is 296 g/mol. The highest BCUT2D eigenvalue weighted by molar-refractivity contribution is 8.13. The molecule has 0 fully saturated rings. The average Bonchev–Trinajstić information content (AvgIpc) is 2.25. The van der Waals surface area contributed by atoms with Crippen LogP contribution in [0.2, 0.25) is 0 Å². The summed E-state index contributed by atoms with van der Waals surface area (Å²) in [5.41, 5.74) is -3.44. The largest absolute Gasteiger partial charge is 0.298 e. The van der Waals surface area contributed by atoms with Gasteiger partial charge < -0.3 is 0 Å². The average molecular weight is 298 g/mol. The minimum atomic E-state index is -4.51. The van der Waals surface area contributed by atoms with Gasteiger partial charge in [-0.25, -0.2) is 22.2 Å². The number of nitrogens with zero attached hydrogens (tertiary/aromatic N) is 3. The SMILES string of the molecule is N#Cc1nc(C(F)F)c([N+](=O)[O-])cc1S(=O)(=O)Cl. The van der Waals surface area contributed by atoms with E-state index in [1.165, 1.54) is 6.07 Å². The first-order chi connectivity index (χ1) is 8.18. The van der Waals surface area contributed by atoms with Gasteiger partial charge in [0.25, 0.3) is 21.2 Å². The van der Waals surface area contributed by atoms with Crippen LogP contribution in [-0.2, 0) is 9.05 Å². The Morgan fingerprint density at radius 1 is 1.56 bits per heavy atom. The Morgan fingerprint density at radius 2 is 2.11 bits per heavy atom. The van der Waals surface area contributed by atoms with Crippen molar-refractivity contribution >= 4 is 25.4 Å². The van der Waals surface area contributed by atoms with Crippen LogP contribution in [0.25, 0.3) is 0 Å². The molecule has 18 heavy (non-hydrogen) atoms. The van der Waals surface area contributed by atoms with Gasteiger partial charge in [-0.2, -0.15) is 5.26 Å². The lowest BCUT2D eigenvalue weighted by Gasteiger charge is -2.04. The fraction of sp³-hybridized carbons (Fsp3) is 0.143. The summed E-state index contributed by atoms with van der Waals surface area (Å²) in [5.74, 6) is 0. The Labute approximate surface area is 103 Å². The molecule has 0 aromatic carbocycles. The normalized spacial score (nSPS) is 11.3. The van der Waals surface area contributed by atoms with E-state index in [1.54, 1.807) is 0 Å². The second-order valence-corrected chi connectivity index (χ2v) is 5.38. The third-order valence-electron chi connectivity index (χ3n) is 1.77. The molecule has 0 radical (unpaired) electrons. The number of alkyl halides is 2. The van der Waals surface area contributed by atoms with E-state index in [0.717, 1.165) is 0 Å². The van der Waals surface area contributed by atoms with E-state index >= 15 is 0 Å². The van der Waals surface area contributed by atoms with E-state index in [9.17, 15) is 27.3 Å². The topological polar surface area (TPSA) is 114 Å². The smallest absolute Gasteiger partial charge is 0.258 e. The van der Waals surface area contributed by atoms with Crippen LogP contribution in [0.4, 0.5) is 14.5 Å². The summed E-state index contributed by atoms with van der Waals surface area (Å²) in [6.07, 6.45) is -3.33. The zero-order chi connectivity index (χ0) is 14.1. The molecule has 0 spiro atoms. The molecule has 0 aliphatic carbocycles. The van der Waals surface area contributed by atoms with Crippen LogP contribution in [-0.4, -0.2) is 18.3 Å². The van der Waals surface area contributed by atoms with Crippen molar-refractivity contribution in [3.8, 4) is 6.07 Å². The van der Waals surface area contributed by atoms with Crippen molar-refractivity contribution in [3.63, 3.8) is 0 Å². The highest BCUT2D eigenvalue weighted by atomic mass is 35.7. The molecule has 11 heteroatoms. The maximum Gasteiger partial charge on any atom is 0.298 e. The highest BCUT2D eigenvalue weighted by Gasteiger charge is 2.30. The van der Waals surface area contributed by atoms with Gasteiger partial charge in [-0.15, -0.1) is 0 Å². The minimum Gasteiger partial charge on any atom is -0.258 e. The van der Waals surface area contributed by atoms with Gasteiger partial charge in [0.2, 0.25) is 0 Å². The Morgan fingerprint density at radius 3 is 2.44 bits per heavy atom. The van der Waals surface area contributed by atoms with Crippen LogP contribution < -0.4 is 0 Å². The van der Waals surface area contributed by atoms with Crippen molar-refractivity contribution < 1.29 is 22.1 Å². The summed E-state index contributed by atoms with van der Waals surface area (Å²) in [4.78, 5) is 11.3. The third kappa shape index (κ3) is 2.69.